The van der Waals surface area contributed by atoms with Crippen molar-refractivity contribution in [2.24, 2.45) is 9.98 Å². The first-order chi connectivity index (χ1) is 10.7. The van der Waals surface area contributed by atoms with Crippen LogP contribution in [0.5, 0.6) is 0 Å². The molecule has 0 saturated carbocycles. The molecule has 5 nitrogen and oxygen atoms in total. The minimum absolute atomic E-state index is 0.0345. The number of anilines is 1. The van der Waals surface area contributed by atoms with Crippen molar-refractivity contribution in [2.75, 3.05) is 5.32 Å². The number of fused-ring (bicyclic) bond motifs is 1. The van der Waals surface area contributed by atoms with Gasteiger partial charge in [0.2, 0.25) is 0 Å². The summed E-state index contributed by atoms with van der Waals surface area (Å²) < 4.78 is 39.7. The van der Waals surface area contributed by atoms with Gasteiger partial charge in [-0.1, -0.05) is 19.8 Å². The van der Waals surface area contributed by atoms with Crippen LogP contribution in [0.1, 0.15) is 38.7 Å². The van der Waals surface area contributed by atoms with Gasteiger partial charge in [0.25, 0.3) is 0 Å². The molecule has 1 aliphatic heterocycles. The number of nitrogens with one attached hydrogen (secondary N) is 1. The molecular weight excluding hydrogens is 311 g/mol. The molecule has 1 unspecified atom stereocenters. The van der Waals surface area contributed by atoms with Gasteiger partial charge in [-0.3, -0.25) is 9.59 Å². The van der Waals surface area contributed by atoms with Crippen molar-refractivity contribution in [1.82, 2.24) is 0 Å². The second-order valence-corrected chi connectivity index (χ2v) is 5.41. The van der Waals surface area contributed by atoms with E-state index in [9.17, 15) is 22.8 Å². The summed E-state index contributed by atoms with van der Waals surface area (Å²) in [4.78, 5) is 29.3. The molecule has 124 valence electrons. The van der Waals surface area contributed by atoms with Crippen LogP contribution >= 0.6 is 0 Å². The number of carbonyl (C=O) groups is 2. The lowest BCUT2D eigenvalue weighted by Crippen LogP contribution is -2.36. The van der Waals surface area contributed by atoms with Crippen molar-refractivity contribution in [2.45, 2.75) is 45.3 Å². The molecule has 2 amide bonds. The molecule has 23 heavy (non-hydrogen) atoms. The molecule has 1 aromatic rings. The zero-order valence-electron chi connectivity index (χ0n) is 12.7. The molecule has 0 bridgehead atoms. The normalized spacial score (nSPS) is 15.5. The van der Waals surface area contributed by atoms with Crippen LogP contribution in [0, 0.1) is 0 Å². The van der Waals surface area contributed by atoms with E-state index in [4.69, 9.17) is 0 Å². The molecule has 0 aliphatic carbocycles. The Hall–Kier alpha value is -2.25. The fourth-order valence-electron chi connectivity index (χ4n) is 2.27. The first kappa shape index (κ1) is 17.1. The fraction of sp³-hybridized carbons (Fsp3) is 0.467. The molecule has 1 atom stereocenters. The third-order valence-corrected chi connectivity index (χ3v) is 3.44. The third-order valence-electron chi connectivity index (χ3n) is 3.44. The van der Waals surface area contributed by atoms with Gasteiger partial charge in [-0.05, 0) is 25.5 Å². The molecule has 0 saturated heterocycles. The molecule has 2 rings (SSSR count). The summed E-state index contributed by atoms with van der Waals surface area (Å²) in [5.41, 5.74) is -1.10. The summed E-state index contributed by atoms with van der Waals surface area (Å²) in [7, 11) is 0. The van der Waals surface area contributed by atoms with Crippen molar-refractivity contribution >= 4 is 17.5 Å². The Morgan fingerprint density at radius 1 is 1.13 bits per heavy atom. The second-order valence-electron chi connectivity index (χ2n) is 5.41. The van der Waals surface area contributed by atoms with E-state index in [-0.39, 0.29) is 22.4 Å². The summed E-state index contributed by atoms with van der Waals surface area (Å²) in [5.74, 6) is -2.25. The lowest BCUT2D eigenvalue weighted by molar-refractivity contribution is -0.137. The topological polar surface area (TPSA) is 70.9 Å². The first-order valence-corrected chi connectivity index (χ1v) is 7.26. The number of carbonyl (C=O) groups excluding carboxylic acids is 2. The minimum atomic E-state index is -4.61. The van der Waals surface area contributed by atoms with Crippen LogP contribution in [0.15, 0.2) is 22.1 Å². The summed E-state index contributed by atoms with van der Waals surface area (Å²) in [5, 5.41) is 2.53. The maximum atomic E-state index is 13.2. The highest BCUT2D eigenvalue weighted by atomic mass is 19.4. The molecule has 0 spiro atoms. The molecular formula is C15H16F3N3O2. The van der Waals surface area contributed by atoms with Gasteiger partial charge in [-0.15, -0.1) is 0 Å². The smallest absolute Gasteiger partial charge is 0.382 e. The van der Waals surface area contributed by atoms with E-state index < -0.39 is 23.6 Å². The number of unbranched alkanes of at least 4 members (excludes halogenated alkanes) is 1. The Kier molecular flexibility index (Phi) is 4.82. The third kappa shape index (κ3) is 3.94. The number of rotatable bonds is 5. The quantitative estimate of drug-likeness (QED) is 0.841. The lowest BCUT2D eigenvalue weighted by atomic mass is 10.1. The van der Waals surface area contributed by atoms with Gasteiger partial charge in [0, 0.05) is 11.7 Å². The Bertz CT molecular complexity index is 756. The zero-order valence-corrected chi connectivity index (χ0v) is 12.7. The van der Waals surface area contributed by atoms with Crippen LogP contribution in [0.4, 0.5) is 18.9 Å². The first-order valence-electron chi connectivity index (χ1n) is 7.26. The number of halogens is 3. The Labute approximate surface area is 130 Å². The number of hydrogen-bond donors (Lipinski definition) is 1. The Morgan fingerprint density at radius 3 is 2.22 bits per heavy atom. The maximum absolute atomic E-state index is 13.2. The zero-order chi connectivity index (χ0) is 17.2. The lowest BCUT2D eigenvalue weighted by Gasteiger charge is -2.19. The highest BCUT2D eigenvalue weighted by molar-refractivity contribution is 6.36. The molecule has 1 N–H and O–H groups in total. The number of hydrogen-bond acceptors (Lipinski definition) is 3. The van der Waals surface area contributed by atoms with Gasteiger partial charge in [-0.2, -0.15) is 13.2 Å². The van der Waals surface area contributed by atoms with Crippen LogP contribution in [-0.2, 0) is 15.8 Å². The summed E-state index contributed by atoms with van der Waals surface area (Å²) in [6.07, 6.45) is -2.08. The van der Waals surface area contributed by atoms with E-state index in [1.165, 1.54) is 0 Å². The summed E-state index contributed by atoms with van der Waals surface area (Å²) >= 11 is 0. The van der Waals surface area contributed by atoms with Crippen LogP contribution < -0.4 is 16.0 Å². The minimum Gasteiger partial charge on any atom is -0.382 e. The van der Waals surface area contributed by atoms with Gasteiger partial charge in [-0.25, -0.2) is 9.98 Å². The van der Waals surface area contributed by atoms with Crippen molar-refractivity contribution < 1.29 is 22.8 Å². The van der Waals surface area contributed by atoms with E-state index >= 15 is 0 Å². The van der Waals surface area contributed by atoms with Crippen molar-refractivity contribution in [3.63, 3.8) is 0 Å². The summed E-state index contributed by atoms with van der Waals surface area (Å²) in [6.45, 7) is 3.78. The molecule has 1 heterocycles. The van der Waals surface area contributed by atoms with Crippen LogP contribution in [-0.4, -0.2) is 17.9 Å². The largest absolute Gasteiger partial charge is 0.418 e. The van der Waals surface area contributed by atoms with Crippen molar-refractivity contribution in [3.05, 3.63) is 28.4 Å². The molecule has 0 fully saturated rings. The number of alkyl halides is 3. The SMILES string of the molecule is CCCCC(C)Nc1cc2c(cc1C(F)(F)F)=NC(=O)C(=O)N=2. The Morgan fingerprint density at radius 2 is 1.70 bits per heavy atom. The van der Waals surface area contributed by atoms with Gasteiger partial charge in [0.15, 0.2) is 0 Å². The molecule has 0 aromatic heterocycles. The number of benzene rings is 1. The van der Waals surface area contributed by atoms with Gasteiger partial charge in [0.1, 0.15) is 0 Å². The average Bonchev–Trinajstić information content (AvgIpc) is 2.45. The second kappa shape index (κ2) is 6.47. The molecule has 1 aromatic carbocycles. The van der Waals surface area contributed by atoms with E-state index in [0.717, 1.165) is 25.0 Å². The van der Waals surface area contributed by atoms with Crippen LogP contribution in [0.2, 0.25) is 0 Å². The fourth-order valence-corrected chi connectivity index (χ4v) is 2.27. The number of amides is 2. The summed E-state index contributed by atoms with van der Waals surface area (Å²) in [6, 6.07) is 1.69. The van der Waals surface area contributed by atoms with E-state index in [0.29, 0.717) is 6.42 Å². The van der Waals surface area contributed by atoms with Crippen molar-refractivity contribution in [3.8, 4) is 0 Å². The van der Waals surface area contributed by atoms with Crippen LogP contribution in [0.25, 0.3) is 0 Å². The van der Waals surface area contributed by atoms with E-state index in [2.05, 4.69) is 15.3 Å². The molecule has 8 heteroatoms. The van der Waals surface area contributed by atoms with Gasteiger partial charge >= 0.3 is 18.0 Å². The van der Waals surface area contributed by atoms with E-state index in [1.54, 1.807) is 6.92 Å². The highest BCUT2D eigenvalue weighted by Gasteiger charge is 2.34. The van der Waals surface area contributed by atoms with Gasteiger partial charge < -0.3 is 5.32 Å². The molecule has 1 aliphatic rings. The van der Waals surface area contributed by atoms with Crippen LogP contribution in [0.3, 0.4) is 0 Å². The molecule has 0 radical (unpaired) electrons. The number of nitrogens with zero attached hydrogens (tertiary/aromatic N) is 2. The van der Waals surface area contributed by atoms with Gasteiger partial charge in [0.05, 0.1) is 16.3 Å². The monoisotopic (exact) mass is 327 g/mol. The predicted molar refractivity (Wildman–Crippen MR) is 76.4 cm³/mol. The standard InChI is InChI=1S/C15H16F3N3O2/c1-3-4-5-8(2)19-10-7-12-11(6-9(10)15(16,17)18)20-13(22)14(23)21-12/h6-8,19H,3-5H2,1-2H3. The maximum Gasteiger partial charge on any atom is 0.418 e. The average molecular weight is 327 g/mol. The Balaban J connectivity index is 2.51. The predicted octanol–water partition coefficient (Wildman–Crippen LogP) is 2.00. The van der Waals surface area contributed by atoms with E-state index in [1.807, 2.05) is 6.92 Å². The van der Waals surface area contributed by atoms with Crippen molar-refractivity contribution in [1.29, 1.82) is 0 Å². The highest BCUT2D eigenvalue weighted by Crippen LogP contribution is 2.33.